The highest BCUT2D eigenvalue weighted by molar-refractivity contribution is 6.32. The van der Waals surface area contributed by atoms with E-state index in [1.807, 2.05) is 4.90 Å². The SMILES string of the molecule is O=C(C1CCCN(Cc2ccc([N+](=O)[O-])c(Cl)c2)C1)N1CCNCC1. The minimum absolute atomic E-state index is 0.0420. The van der Waals surface area contributed by atoms with Crippen LogP contribution in [0.15, 0.2) is 18.2 Å². The summed E-state index contributed by atoms with van der Waals surface area (Å²) in [5.74, 6) is 0.299. The molecule has 2 aliphatic heterocycles. The van der Waals surface area contributed by atoms with Gasteiger partial charge in [0.15, 0.2) is 0 Å². The number of benzene rings is 1. The van der Waals surface area contributed by atoms with E-state index in [1.54, 1.807) is 12.1 Å². The van der Waals surface area contributed by atoms with Crippen molar-refractivity contribution in [3.05, 3.63) is 38.9 Å². The molecule has 0 aromatic heterocycles. The number of hydrogen-bond acceptors (Lipinski definition) is 5. The summed E-state index contributed by atoms with van der Waals surface area (Å²) in [6.07, 6.45) is 1.92. The maximum absolute atomic E-state index is 12.7. The van der Waals surface area contributed by atoms with Crippen LogP contribution in [-0.4, -0.2) is 59.9 Å². The first-order valence-corrected chi connectivity index (χ1v) is 9.07. The van der Waals surface area contributed by atoms with Crippen LogP contribution in [0.5, 0.6) is 0 Å². The number of hydrogen-bond donors (Lipinski definition) is 1. The van der Waals surface area contributed by atoms with Crippen LogP contribution in [0.4, 0.5) is 5.69 Å². The summed E-state index contributed by atoms with van der Waals surface area (Å²) >= 11 is 6.00. The van der Waals surface area contributed by atoms with Crippen LogP contribution in [0.3, 0.4) is 0 Å². The number of piperidine rings is 1. The molecule has 0 aliphatic carbocycles. The van der Waals surface area contributed by atoms with Crippen molar-refractivity contribution in [1.29, 1.82) is 0 Å². The molecule has 1 aromatic carbocycles. The molecule has 1 N–H and O–H groups in total. The smallest absolute Gasteiger partial charge is 0.287 e. The van der Waals surface area contributed by atoms with Crippen LogP contribution < -0.4 is 5.32 Å². The largest absolute Gasteiger partial charge is 0.340 e. The molecule has 2 aliphatic rings. The van der Waals surface area contributed by atoms with Gasteiger partial charge in [0.05, 0.1) is 10.8 Å². The first-order valence-electron chi connectivity index (χ1n) is 8.69. The fourth-order valence-corrected chi connectivity index (χ4v) is 3.87. The topological polar surface area (TPSA) is 78.7 Å². The van der Waals surface area contributed by atoms with E-state index in [0.717, 1.165) is 57.7 Å². The van der Waals surface area contributed by atoms with E-state index in [9.17, 15) is 14.9 Å². The van der Waals surface area contributed by atoms with Crippen molar-refractivity contribution < 1.29 is 9.72 Å². The molecule has 0 radical (unpaired) electrons. The predicted molar refractivity (Wildman–Crippen MR) is 95.6 cm³/mol. The monoisotopic (exact) mass is 366 g/mol. The lowest BCUT2D eigenvalue weighted by molar-refractivity contribution is -0.384. The van der Waals surface area contributed by atoms with Gasteiger partial charge in [0.1, 0.15) is 5.02 Å². The van der Waals surface area contributed by atoms with E-state index < -0.39 is 4.92 Å². The summed E-state index contributed by atoms with van der Waals surface area (Å²) in [5, 5.41) is 14.3. The van der Waals surface area contributed by atoms with Gasteiger partial charge in [-0.1, -0.05) is 17.7 Å². The van der Waals surface area contributed by atoms with E-state index in [4.69, 9.17) is 11.6 Å². The van der Waals surface area contributed by atoms with E-state index in [2.05, 4.69) is 10.2 Å². The maximum atomic E-state index is 12.7. The van der Waals surface area contributed by atoms with Crippen molar-refractivity contribution in [1.82, 2.24) is 15.1 Å². The average Bonchev–Trinajstić information content (AvgIpc) is 2.62. The van der Waals surface area contributed by atoms with Crippen LogP contribution in [0.2, 0.25) is 5.02 Å². The highest BCUT2D eigenvalue weighted by atomic mass is 35.5. The Morgan fingerprint density at radius 2 is 2.08 bits per heavy atom. The highest BCUT2D eigenvalue weighted by Crippen LogP contribution is 2.27. The van der Waals surface area contributed by atoms with Crippen molar-refractivity contribution in [3.63, 3.8) is 0 Å². The fraction of sp³-hybridized carbons (Fsp3) is 0.588. The van der Waals surface area contributed by atoms with Gasteiger partial charge in [0, 0.05) is 45.3 Å². The lowest BCUT2D eigenvalue weighted by Gasteiger charge is -2.36. The van der Waals surface area contributed by atoms with E-state index in [-0.39, 0.29) is 22.5 Å². The number of nitro groups is 1. The van der Waals surface area contributed by atoms with Gasteiger partial charge in [-0.25, -0.2) is 0 Å². The van der Waals surface area contributed by atoms with Gasteiger partial charge in [0.2, 0.25) is 5.91 Å². The third-order valence-electron chi connectivity index (χ3n) is 4.90. The summed E-state index contributed by atoms with van der Waals surface area (Å²) in [6.45, 7) is 5.62. The highest BCUT2D eigenvalue weighted by Gasteiger charge is 2.30. The Hall–Kier alpha value is -1.70. The Labute approximate surface area is 152 Å². The lowest BCUT2D eigenvalue weighted by atomic mass is 9.95. The van der Waals surface area contributed by atoms with Crippen LogP contribution in [0.25, 0.3) is 0 Å². The van der Waals surface area contributed by atoms with Gasteiger partial charge < -0.3 is 10.2 Å². The third kappa shape index (κ3) is 4.48. The lowest BCUT2D eigenvalue weighted by Crippen LogP contribution is -2.51. The first-order chi connectivity index (χ1) is 12.0. The average molecular weight is 367 g/mol. The number of likely N-dealkylation sites (tertiary alicyclic amines) is 1. The summed E-state index contributed by atoms with van der Waals surface area (Å²) in [7, 11) is 0. The van der Waals surface area contributed by atoms with Crippen molar-refractivity contribution in [2.75, 3.05) is 39.3 Å². The van der Waals surface area contributed by atoms with Crippen LogP contribution in [0.1, 0.15) is 18.4 Å². The van der Waals surface area contributed by atoms with Gasteiger partial charge in [0.25, 0.3) is 5.69 Å². The zero-order valence-electron chi connectivity index (χ0n) is 14.1. The van der Waals surface area contributed by atoms with Crippen LogP contribution in [0, 0.1) is 16.0 Å². The molecule has 3 rings (SSSR count). The van der Waals surface area contributed by atoms with Gasteiger partial charge in [-0.15, -0.1) is 0 Å². The molecule has 2 heterocycles. The molecule has 7 nitrogen and oxygen atoms in total. The van der Waals surface area contributed by atoms with E-state index in [1.165, 1.54) is 6.07 Å². The molecule has 2 saturated heterocycles. The Kier molecular flexibility index (Phi) is 5.88. The minimum atomic E-state index is -0.477. The zero-order chi connectivity index (χ0) is 17.8. The van der Waals surface area contributed by atoms with E-state index >= 15 is 0 Å². The van der Waals surface area contributed by atoms with Gasteiger partial charge >= 0.3 is 0 Å². The van der Waals surface area contributed by atoms with Crippen molar-refractivity contribution in [2.45, 2.75) is 19.4 Å². The second-order valence-electron chi connectivity index (χ2n) is 6.69. The van der Waals surface area contributed by atoms with Crippen LogP contribution in [-0.2, 0) is 11.3 Å². The molecular formula is C17H23ClN4O3. The molecule has 1 unspecified atom stereocenters. The standard InChI is InChI=1S/C17H23ClN4O3/c18-15-10-13(3-4-16(15)22(24)25)11-20-7-1-2-14(12-20)17(23)21-8-5-19-6-9-21/h3-4,10,14,19H,1-2,5-9,11-12H2. The number of nitrogens with one attached hydrogen (secondary N) is 1. The number of piperazine rings is 1. The van der Waals surface area contributed by atoms with E-state index in [0.29, 0.717) is 6.54 Å². The number of carbonyl (C=O) groups excluding carboxylic acids is 1. The summed E-state index contributed by atoms with van der Waals surface area (Å²) in [5.41, 5.74) is 0.863. The number of nitrogens with zero attached hydrogens (tertiary/aromatic N) is 3. The third-order valence-corrected chi connectivity index (χ3v) is 5.20. The number of amides is 1. The van der Waals surface area contributed by atoms with Crippen molar-refractivity contribution in [3.8, 4) is 0 Å². The van der Waals surface area contributed by atoms with Gasteiger partial charge in [-0.2, -0.15) is 0 Å². The minimum Gasteiger partial charge on any atom is -0.340 e. The Morgan fingerprint density at radius 3 is 2.76 bits per heavy atom. The second kappa shape index (κ2) is 8.12. The molecule has 1 atom stereocenters. The summed E-state index contributed by atoms with van der Waals surface area (Å²) in [6, 6.07) is 4.85. The zero-order valence-corrected chi connectivity index (χ0v) is 14.9. The number of halogens is 1. The molecule has 25 heavy (non-hydrogen) atoms. The van der Waals surface area contributed by atoms with Gasteiger partial charge in [-0.3, -0.25) is 19.8 Å². The summed E-state index contributed by atoms with van der Waals surface area (Å²) < 4.78 is 0. The number of nitro benzene ring substituents is 1. The maximum Gasteiger partial charge on any atom is 0.287 e. The normalized spacial score (nSPS) is 22.0. The molecule has 1 aromatic rings. The molecule has 0 saturated carbocycles. The van der Waals surface area contributed by atoms with Gasteiger partial charge in [-0.05, 0) is 31.0 Å². The second-order valence-corrected chi connectivity index (χ2v) is 7.10. The quantitative estimate of drug-likeness (QED) is 0.650. The molecule has 136 valence electrons. The number of rotatable bonds is 4. The van der Waals surface area contributed by atoms with Crippen LogP contribution >= 0.6 is 11.6 Å². The fourth-order valence-electron chi connectivity index (χ4n) is 3.60. The molecule has 0 bridgehead atoms. The predicted octanol–water partition coefficient (Wildman–Crippen LogP) is 1.89. The molecular weight excluding hydrogens is 344 g/mol. The molecule has 8 heteroatoms. The van der Waals surface area contributed by atoms with Crippen molar-refractivity contribution >= 4 is 23.2 Å². The Balaban J connectivity index is 1.60. The molecule has 2 fully saturated rings. The summed E-state index contributed by atoms with van der Waals surface area (Å²) in [4.78, 5) is 27.3. The number of carbonyl (C=O) groups is 1. The molecule has 1 amide bonds. The first kappa shape index (κ1) is 18.1. The molecule has 0 spiro atoms. The Bertz CT molecular complexity index is 649. The van der Waals surface area contributed by atoms with Crippen molar-refractivity contribution in [2.24, 2.45) is 5.92 Å². The Morgan fingerprint density at radius 1 is 1.32 bits per heavy atom.